The van der Waals surface area contributed by atoms with Crippen LogP contribution < -0.4 is 10.6 Å². The van der Waals surface area contributed by atoms with Crippen LogP contribution in [0.5, 0.6) is 0 Å². The molecular formula is C13H20N8. The Morgan fingerprint density at radius 2 is 2.05 bits per heavy atom. The molecule has 2 aromatic heterocycles. The van der Waals surface area contributed by atoms with Crippen LogP contribution in [0, 0.1) is 5.41 Å². The summed E-state index contributed by atoms with van der Waals surface area (Å²) in [6, 6.07) is 0.369. The van der Waals surface area contributed by atoms with Gasteiger partial charge in [-0.15, -0.1) is 0 Å². The molecule has 1 unspecified atom stereocenters. The highest BCUT2D eigenvalue weighted by Crippen LogP contribution is 2.38. The SMILES string of the molecule is CNc1nc(NC2CCCC2(C)C)nc(-n2cncn2)n1. The van der Waals surface area contributed by atoms with E-state index in [4.69, 9.17) is 0 Å². The highest BCUT2D eigenvalue weighted by atomic mass is 15.4. The molecule has 0 bridgehead atoms. The average molecular weight is 288 g/mol. The third kappa shape index (κ3) is 2.79. The number of hydrogen-bond acceptors (Lipinski definition) is 7. The first-order valence-corrected chi connectivity index (χ1v) is 7.14. The fourth-order valence-electron chi connectivity index (χ4n) is 2.71. The van der Waals surface area contributed by atoms with Gasteiger partial charge in [-0.25, -0.2) is 4.98 Å². The van der Waals surface area contributed by atoms with Crippen LogP contribution in [0.2, 0.25) is 0 Å². The maximum atomic E-state index is 4.44. The highest BCUT2D eigenvalue weighted by Gasteiger charge is 2.34. The van der Waals surface area contributed by atoms with Crippen molar-refractivity contribution in [3.8, 4) is 5.95 Å². The topological polar surface area (TPSA) is 93.4 Å². The van der Waals surface area contributed by atoms with Crippen molar-refractivity contribution in [2.75, 3.05) is 17.7 Å². The fraction of sp³-hybridized carbons (Fsp3) is 0.615. The lowest BCUT2D eigenvalue weighted by Crippen LogP contribution is -2.32. The molecule has 1 atom stereocenters. The van der Waals surface area contributed by atoms with Crippen LogP contribution in [0.25, 0.3) is 5.95 Å². The van der Waals surface area contributed by atoms with Crippen LogP contribution in [-0.2, 0) is 0 Å². The Balaban J connectivity index is 1.90. The molecule has 3 rings (SSSR count). The zero-order valence-electron chi connectivity index (χ0n) is 12.5. The number of hydrogen-bond donors (Lipinski definition) is 2. The molecule has 1 saturated carbocycles. The van der Waals surface area contributed by atoms with Gasteiger partial charge in [-0.1, -0.05) is 20.3 Å². The van der Waals surface area contributed by atoms with Crippen molar-refractivity contribution in [3.63, 3.8) is 0 Å². The zero-order valence-corrected chi connectivity index (χ0v) is 12.5. The monoisotopic (exact) mass is 288 g/mol. The molecule has 0 aromatic carbocycles. The minimum absolute atomic E-state index is 0.250. The molecule has 1 aliphatic rings. The number of anilines is 2. The van der Waals surface area contributed by atoms with E-state index in [9.17, 15) is 0 Å². The molecule has 0 radical (unpaired) electrons. The van der Waals surface area contributed by atoms with Gasteiger partial charge in [0.15, 0.2) is 0 Å². The Bertz CT molecular complexity index is 607. The molecule has 21 heavy (non-hydrogen) atoms. The molecule has 112 valence electrons. The predicted octanol–water partition coefficient (Wildman–Crippen LogP) is 1.48. The lowest BCUT2D eigenvalue weighted by molar-refractivity contribution is 0.348. The Hall–Kier alpha value is -2.25. The van der Waals surface area contributed by atoms with E-state index in [1.807, 2.05) is 0 Å². The summed E-state index contributed by atoms with van der Waals surface area (Å²) in [5.74, 6) is 1.53. The smallest absolute Gasteiger partial charge is 0.258 e. The second-order valence-electron chi connectivity index (χ2n) is 5.95. The summed E-state index contributed by atoms with van der Waals surface area (Å²) in [7, 11) is 1.78. The van der Waals surface area contributed by atoms with E-state index in [1.54, 1.807) is 13.4 Å². The molecule has 1 fully saturated rings. The van der Waals surface area contributed by atoms with E-state index in [0.29, 0.717) is 23.9 Å². The van der Waals surface area contributed by atoms with Crippen LogP contribution in [0.4, 0.5) is 11.9 Å². The Labute approximate surface area is 123 Å². The summed E-state index contributed by atoms with van der Waals surface area (Å²) < 4.78 is 1.52. The molecule has 0 saturated heterocycles. The van der Waals surface area contributed by atoms with Crippen molar-refractivity contribution in [1.29, 1.82) is 0 Å². The largest absolute Gasteiger partial charge is 0.357 e. The van der Waals surface area contributed by atoms with Gasteiger partial charge in [0.1, 0.15) is 12.7 Å². The predicted molar refractivity (Wildman–Crippen MR) is 79.3 cm³/mol. The normalized spacial score (nSPS) is 20.4. The minimum atomic E-state index is 0.250. The Kier molecular flexibility index (Phi) is 3.44. The maximum absolute atomic E-state index is 4.44. The highest BCUT2D eigenvalue weighted by molar-refractivity contribution is 5.38. The van der Waals surface area contributed by atoms with E-state index in [1.165, 1.54) is 23.9 Å². The lowest BCUT2D eigenvalue weighted by Gasteiger charge is -2.27. The first kappa shape index (κ1) is 13.7. The number of nitrogens with one attached hydrogen (secondary N) is 2. The van der Waals surface area contributed by atoms with Crippen molar-refractivity contribution < 1.29 is 0 Å². The summed E-state index contributed by atoms with van der Waals surface area (Å²) in [5.41, 5.74) is 0.250. The van der Waals surface area contributed by atoms with Gasteiger partial charge in [0, 0.05) is 13.1 Å². The van der Waals surface area contributed by atoms with E-state index < -0.39 is 0 Å². The molecule has 1 aliphatic carbocycles. The third-order valence-electron chi connectivity index (χ3n) is 4.03. The molecule has 2 aromatic rings. The molecular weight excluding hydrogens is 268 g/mol. The molecule has 8 heteroatoms. The van der Waals surface area contributed by atoms with Crippen molar-refractivity contribution in [1.82, 2.24) is 29.7 Å². The van der Waals surface area contributed by atoms with Gasteiger partial charge in [0.25, 0.3) is 5.95 Å². The van der Waals surface area contributed by atoms with Gasteiger partial charge in [0.2, 0.25) is 11.9 Å². The summed E-state index contributed by atoms with van der Waals surface area (Å²) >= 11 is 0. The van der Waals surface area contributed by atoms with Crippen molar-refractivity contribution in [2.45, 2.75) is 39.2 Å². The van der Waals surface area contributed by atoms with Crippen LogP contribution in [-0.4, -0.2) is 42.8 Å². The molecule has 2 heterocycles. The third-order valence-corrected chi connectivity index (χ3v) is 4.03. The second-order valence-corrected chi connectivity index (χ2v) is 5.95. The molecule has 2 N–H and O–H groups in total. The summed E-state index contributed by atoms with van der Waals surface area (Å²) in [6.07, 6.45) is 6.59. The maximum Gasteiger partial charge on any atom is 0.258 e. The van der Waals surface area contributed by atoms with E-state index in [2.05, 4.69) is 49.5 Å². The summed E-state index contributed by atoms with van der Waals surface area (Å²) in [4.78, 5) is 17.0. The standard InChI is InChI=1S/C13H20N8/c1-13(2)6-4-5-9(13)17-11-18-10(14-3)19-12(20-11)21-8-15-7-16-21/h7-9H,4-6H2,1-3H3,(H2,14,17,18,19,20). The Morgan fingerprint density at radius 1 is 1.24 bits per heavy atom. The number of rotatable bonds is 4. The van der Waals surface area contributed by atoms with Gasteiger partial charge >= 0.3 is 0 Å². The van der Waals surface area contributed by atoms with Crippen LogP contribution in [0.1, 0.15) is 33.1 Å². The Morgan fingerprint density at radius 3 is 2.67 bits per heavy atom. The number of nitrogens with zero attached hydrogens (tertiary/aromatic N) is 6. The van der Waals surface area contributed by atoms with Gasteiger partial charge in [-0.2, -0.15) is 24.7 Å². The van der Waals surface area contributed by atoms with Crippen molar-refractivity contribution >= 4 is 11.9 Å². The first-order valence-electron chi connectivity index (χ1n) is 7.14. The van der Waals surface area contributed by atoms with Crippen LogP contribution in [0.3, 0.4) is 0 Å². The molecule has 0 spiro atoms. The van der Waals surface area contributed by atoms with Gasteiger partial charge < -0.3 is 10.6 Å². The second kappa shape index (κ2) is 5.27. The van der Waals surface area contributed by atoms with E-state index >= 15 is 0 Å². The van der Waals surface area contributed by atoms with E-state index in [0.717, 1.165) is 6.42 Å². The summed E-state index contributed by atoms with van der Waals surface area (Å²) in [6.45, 7) is 4.55. The van der Waals surface area contributed by atoms with Gasteiger partial charge in [0.05, 0.1) is 0 Å². The van der Waals surface area contributed by atoms with Crippen LogP contribution >= 0.6 is 0 Å². The van der Waals surface area contributed by atoms with Gasteiger partial charge in [-0.05, 0) is 18.3 Å². The average Bonchev–Trinajstić information content (AvgIpc) is 3.09. The molecule has 0 amide bonds. The quantitative estimate of drug-likeness (QED) is 0.880. The summed E-state index contributed by atoms with van der Waals surface area (Å²) in [5, 5.41) is 10.5. The minimum Gasteiger partial charge on any atom is -0.357 e. The lowest BCUT2D eigenvalue weighted by atomic mass is 9.87. The molecule has 8 nitrogen and oxygen atoms in total. The van der Waals surface area contributed by atoms with Crippen LogP contribution in [0.15, 0.2) is 12.7 Å². The van der Waals surface area contributed by atoms with E-state index in [-0.39, 0.29) is 5.41 Å². The fourth-order valence-corrected chi connectivity index (χ4v) is 2.71. The van der Waals surface area contributed by atoms with Crippen molar-refractivity contribution in [2.24, 2.45) is 5.41 Å². The van der Waals surface area contributed by atoms with Gasteiger partial charge in [-0.3, -0.25) is 0 Å². The van der Waals surface area contributed by atoms with Crippen molar-refractivity contribution in [3.05, 3.63) is 12.7 Å². The zero-order chi connectivity index (χ0) is 14.9. The molecule has 0 aliphatic heterocycles. The first-order chi connectivity index (χ1) is 10.1. The number of aromatic nitrogens is 6.